The van der Waals surface area contributed by atoms with Crippen molar-refractivity contribution in [2.45, 2.75) is 58.8 Å². The van der Waals surface area contributed by atoms with Crippen LogP contribution in [0.25, 0.3) is 0 Å². The Morgan fingerprint density at radius 3 is 2.46 bits per heavy atom. The lowest BCUT2D eigenvalue weighted by Gasteiger charge is -2.44. The summed E-state index contributed by atoms with van der Waals surface area (Å²) < 4.78 is 10.6. The number of methoxy groups -OCH3 is 1. The molecule has 0 radical (unpaired) electrons. The van der Waals surface area contributed by atoms with Crippen molar-refractivity contribution in [1.82, 2.24) is 9.80 Å². The first-order valence-corrected chi connectivity index (χ1v) is 9.21. The maximum atomic E-state index is 12.4. The van der Waals surface area contributed by atoms with Gasteiger partial charge in [0.1, 0.15) is 5.60 Å². The Morgan fingerprint density at radius 1 is 1.29 bits per heavy atom. The fourth-order valence-corrected chi connectivity index (χ4v) is 3.26. The Balaban J connectivity index is 2.16. The van der Waals surface area contributed by atoms with Crippen LogP contribution in [0.5, 0.6) is 11.5 Å². The lowest BCUT2D eigenvalue weighted by Crippen LogP contribution is -2.58. The zero-order valence-corrected chi connectivity index (χ0v) is 17.3. The topological polar surface area (TPSA) is 105 Å². The van der Waals surface area contributed by atoms with E-state index in [9.17, 15) is 20.0 Å². The minimum Gasteiger partial charge on any atom is -0.500 e. The molecule has 1 aliphatic rings. The van der Waals surface area contributed by atoms with E-state index in [1.54, 1.807) is 11.0 Å². The molecule has 0 saturated carbocycles. The van der Waals surface area contributed by atoms with Crippen molar-refractivity contribution in [1.29, 1.82) is 0 Å². The molecule has 1 fully saturated rings. The fraction of sp³-hybridized carbons (Fsp3) is 0.632. The van der Waals surface area contributed by atoms with Crippen LogP contribution >= 0.6 is 0 Å². The number of hydrogen-bond acceptors (Lipinski definition) is 7. The van der Waals surface area contributed by atoms with Crippen LogP contribution in [0.4, 0.5) is 10.5 Å². The van der Waals surface area contributed by atoms with Gasteiger partial charge in [0, 0.05) is 37.8 Å². The van der Waals surface area contributed by atoms with E-state index in [2.05, 4.69) is 4.90 Å². The standard InChI is InChI=1S/C19H29N3O6/c1-12-10-21(18(24)28-19(3,4)5)13(2)9-20(12)11-14-7-15(22(25)26)17(23)16(8-14)27-6/h7-8,12-13,23H,9-11H2,1-6H3/t12-,13+/m0/s1. The van der Waals surface area contributed by atoms with Gasteiger partial charge in [0.05, 0.1) is 12.0 Å². The number of carbonyl (C=O) groups excluding carboxylic acids is 1. The molecule has 0 spiro atoms. The molecule has 28 heavy (non-hydrogen) atoms. The molecule has 1 heterocycles. The summed E-state index contributed by atoms with van der Waals surface area (Å²) in [5.74, 6) is -0.412. The van der Waals surface area contributed by atoms with Crippen LogP contribution < -0.4 is 4.74 Å². The quantitative estimate of drug-likeness (QED) is 0.617. The summed E-state index contributed by atoms with van der Waals surface area (Å²) in [5.41, 5.74) is -0.285. The number of amides is 1. The van der Waals surface area contributed by atoms with Gasteiger partial charge in [0.25, 0.3) is 0 Å². The smallest absolute Gasteiger partial charge is 0.410 e. The van der Waals surface area contributed by atoms with Crippen molar-refractivity contribution in [3.63, 3.8) is 0 Å². The first-order valence-electron chi connectivity index (χ1n) is 9.21. The second-order valence-corrected chi connectivity index (χ2v) is 8.18. The van der Waals surface area contributed by atoms with Crippen molar-refractivity contribution in [3.8, 4) is 11.5 Å². The third kappa shape index (κ3) is 5.03. The number of rotatable bonds is 4. The Hall–Kier alpha value is -2.55. The van der Waals surface area contributed by atoms with Gasteiger partial charge in [-0.05, 0) is 46.2 Å². The van der Waals surface area contributed by atoms with Gasteiger partial charge in [-0.3, -0.25) is 15.0 Å². The molecule has 1 aromatic carbocycles. The highest BCUT2D eigenvalue weighted by molar-refractivity contribution is 5.68. The number of nitro groups is 1. The maximum absolute atomic E-state index is 12.4. The van der Waals surface area contributed by atoms with E-state index in [1.165, 1.54) is 13.2 Å². The van der Waals surface area contributed by atoms with Gasteiger partial charge in [-0.25, -0.2) is 4.79 Å². The Bertz CT molecular complexity index is 746. The van der Waals surface area contributed by atoms with E-state index >= 15 is 0 Å². The molecule has 0 aliphatic carbocycles. The predicted octanol–water partition coefficient (Wildman–Crippen LogP) is 3.14. The highest BCUT2D eigenvalue weighted by atomic mass is 16.6. The third-order valence-electron chi connectivity index (χ3n) is 4.66. The average Bonchev–Trinajstić information content (AvgIpc) is 2.57. The molecule has 2 atom stereocenters. The largest absolute Gasteiger partial charge is 0.500 e. The number of nitrogens with zero attached hydrogens (tertiary/aromatic N) is 3. The Labute approximate surface area is 165 Å². The van der Waals surface area contributed by atoms with Crippen LogP contribution in [0.1, 0.15) is 40.2 Å². The molecule has 0 unspecified atom stereocenters. The molecule has 1 saturated heterocycles. The van der Waals surface area contributed by atoms with E-state index in [4.69, 9.17) is 9.47 Å². The predicted molar refractivity (Wildman–Crippen MR) is 104 cm³/mol. The summed E-state index contributed by atoms with van der Waals surface area (Å²) in [7, 11) is 1.35. The van der Waals surface area contributed by atoms with E-state index in [1.807, 2.05) is 34.6 Å². The van der Waals surface area contributed by atoms with Gasteiger partial charge < -0.3 is 19.5 Å². The van der Waals surface area contributed by atoms with Crippen molar-refractivity contribution in [2.24, 2.45) is 0 Å². The minimum atomic E-state index is -0.631. The van der Waals surface area contributed by atoms with Gasteiger partial charge in [-0.1, -0.05) is 0 Å². The number of carbonyl (C=O) groups is 1. The van der Waals surface area contributed by atoms with Gasteiger partial charge in [0.15, 0.2) is 5.75 Å². The molecule has 9 nitrogen and oxygen atoms in total. The molecular formula is C19H29N3O6. The number of nitro benzene ring substituents is 1. The molecule has 156 valence electrons. The first-order chi connectivity index (χ1) is 12.9. The Morgan fingerprint density at radius 2 is 1.93 bits per heavy atom. The number of piperazine rings is 1. The molecule has 9 heteroatoms. The minimum absolute atomic E-state index is 0.0302. The highest BCUT2D eigenvalue weighted by Crippen LogP contribution is 2.37. The monoisotopic (exact) mass is 395 g/mol. The van der Waals surface area contributed by atoms with E-state index in [0.717, 1.165) is 0 Å². The lowest BCUT2D eigenvalue weighted by atomic mass is 10.1. The summed E-state index contributed by atoms with van der Waals surface area (Å²) in [4.78, 5) is 26.9. The molecule has 0 aromatic heterocycles. The van der Waals surface area contributed by atoms with Crippen LogP contribution in [-0.2, 0) is 11.3 Å². The number of phenolic OH excluding ortho intramolecular Hbond substituents is 1. The third-order valence-corrected chi connectivity index (χ3v) is 4.66. The molecule has 1 aromatic rings. The second kappa shape index (κ2) is 8.22. The highest BCUT2D eigenvalue weighted by Gasteiger charge is 2.34. The summed E-state index contributed by atoms with van der Waals surface area (Å²) >= 11 is 0. The van der Waals surface area contributed by atoms with Crippen molar-refractivity contribution < 1.29 is 24.3 Å². The van der Waals surface area contributed by atoms with Crippen molar-refractivity contribution in [3.05, 3.63) is 27.8 Å². The number of hydrogen-bond donors (Lipinski definition) is 1. The summed E-state index contributed by atoms with van der Waals surface area (Å²) in [6.07, 6.45) is -0.339. The second-order valence-electron chi connectivity index (χ2n) is 8.18. The van der Waals surface area contributed by atoms with Gasteiger partial charge in [-0.15, -0.1) is 0 Å². The maximum Gasteiger partial charge on any atom is 0.410 e. The van der Waals surface area contributed by atoms with Crippen LogP contribution in [0, 0.1) is 10.1 Å². The Kier molecular flexibility index (Phi) is 6.38. The summed E-state index contributed by atoms with van der Waals surface area (Å²) in [5, 5.41) is 21.1. The van der Waals surface area contributed by atoms with Crippen LogP contribution in [-0.4, -0.2) is 63.8 Å². The SMILES string of the molecule is COc1cc(CN2C[C@@H](C)N(C(=O)OC(C)(C)C)C[C@@H]2C)cc([N+](=O)[O-])c1O. The number of aromatic hydroxyl groups is 1. The van der Waals surface area contributed by atoms with E-state index in [0.29, 0.717) is 25.2 Å². The number of ether oxygens (including phenoxy) is 2. The van der Waals surface area contributed by atoms with Gasteiger partial charge in [-0.2, -0.15) is 0 Å². The van der Waals surface area contributed by atoms with E-state index < -0.39 is 16.3 Å². The average molecular weight is 395 g/mol. The molecular weight excluding hydrogens is 366 g/mol. The molecule has 1 amide bonds. The normalized spacial score (nSPS) is 20.7. The van der Waals surface area contributed by atoms with Gasteiger partial charge in [0.2, 0.25) is 5.75 Å². The number of benzene rings is 1. The zero-order chi connectivity index (χ0) is 21.2. The molecule has 1 aliphatic heterocycles. The van der Waals surface area contributed by atoms with Crippen molar-refractivity contribution >= 4 is 11.8 Å². The number of phenols is 1. The zero-order valence-electron chi connectivity index (χ0n) is 17.3. The molecule has 1 N–H and O–H groups in total. The lowest BCUT2D eigenvalue weighted by molar-refractivity contribution is -0.386. The summed E-state index contributed by atoms with van der Waals surface area (Å²) in [6, 6.07) is 2.91. The molecule has 0 bridgehead atoms. The van der Waals surface area contributed by atoms with Gasteiger partial charge >= 0.3 is 11.8 Å². The van der Waals surface area contributed by atoms with Crippen LogP contribution in [0.2, 0.25) is 0 Å². The van der Waals surface area contributed by atoms with Crippen LogP contribution in [0.15, 0.2) is 12.1 Å². The summed E-state index contributed by atoms with van der Waals surface area (Å²) in [6.45, 7) is 11.0. The first kappa shape index (κ1) is 21.7. The molecule has 2 rings (SSSR count). The van der Waals surface area contributed by atoms with Crippen LogP contribution in [0.3, 0.4) is 0 Å². The van der Waals surface area contributed by atoms with Crippen molar-refractivity contribution in [2.75, 3.05) is 20.2 Å². The fourth-order valence-electron chi connectivity index (χ4n) is 3.26. The van der Waals surface area contributed by atoms with E-state index in [-0.39, 0.29) is 29.6 Å².